The lowest BCUT2D eigenvalue weighted by atomic mass is 10.1. The highest BCUT2D eigenvalue weighted by atomic mass is 79.9. The van der Waals surface area contributed by atoms with Crippen LogP contribution in [0.1, 0.15) is 13.3 Å². The number of hydrogen-bond acceptors (Lipinski definition) is 4. The second kappa shape index (κ2) is 6.04. The molecular formula is C5H14BrNO7P2. The summed E-state index contributed by atoms with van der Waals surface area (Å²) in [6, 6.07) is 0. The van der Waals surface area contributed by atoms with Gasteiger partial charge in [-0.1, -0.05) is 15.9 Å². The molecule has 0 rings (SSSR count). The predicted octanol–water partition coefficient (Wildman–Crippen LogP) is 0.322. The van der Waals surface area contributed by atoms with Gasteiger partial charge < -0.3 is 19.8 Å². The molecule has 98 valence electrons. The van der Waals surface area contributed by atoms with E-state index in [1.807, 2.05) is 5.09 Å². The highest BCUT2D eigenvalue weighted by Gasteiger charge is 2.31. The summed E-state index contributed by atoms with van der Waals surface area (Å²) < 4.78 is 25.0. The van der Waals surface area contributed by atoms with E-state index in [0.29, 0.717) is 0 Å². The standard InChI is InChI=1S/C5H14BrNO7P2/c1-5(8,4-6)2-3-7-15(9,10)14-16(11,12)13/h8H,2-4H2,1H3,(H2,7,9,10)(H2,11,12,13). The molecule has 0 saturated carbocycles. The molecule has 0 aromatic heterocycles. The van der Waals surface area contributed by atoms with Crippen molar-refractivity contribution in [3.63, 3.8) is 0 Å². The maximum Gasteiger partial charge on any atom is 0.477 e. The lowest BCUT2D eigenvalue weighted by Gasteiger charge is -2.21. The van der Waals surface area contributed by atoms with Gasteiger partial charge in [-0.3, -0.25) is 0 Å². The zero-order valence-corrected chi connectivity index (χ0v) is 11.8. The average Bonchev–Trinajstić information content (AvgIpc) is 1.98. The molecule has 16 heavy (non-hydrogen) atoms. The minimum atomic E-state index is -5.02. The molecule has 0 fully saturated rings. The van der Waals surface area contributed by atoms with Crippen molar-refractivity contribution in [2.24, 2.45) is 0 Å². The van der Waals surface area contributed by atoms with Gasteiger partial charge in [0.2, 0.25) is 0 Å². The van der Waals surface area contributed by atoms with Gasteiger partial charge in [-0.15, -0.1) is 0 Å². The second-order valence-electron chi connectivity index (χ2n) is 3.38. The van der Waals surface area contributed by atoms with Crippen LogP contribution in [0.5, 0.6) is 0 Å². The minimum Gasteiger partial charge on any atom is -0.389 e. The molecule has 0 aliphatic carbocycles. The van der Waals surface area contributed by atoms with E-state index in [1.165, 1.54) is 6.92 Å². The first-order valence-corrected chi connectivity index (χ1v) is 8.33. The molecule has 0 saturated heterocycles. The molecule has 2 unspecified atom stereocenters. The number of alkyl halides is 1. The van der Waals surface area contributed by atoms with E-state index in [-0.39, 0.29) is 18.3 Å². The molecule has 8 nitrogen and oxygen atoms in total. The third kappa shape index (κ3) is 8.81. The topological polar surface area (TPSA) is 136 Å². The number of rotatable bonds is 7. The van der Waals surface area contributed by atoms with Crippen LogP contribution in [0.25, 0.3) is 0 Å². The van der Waals surface area contributed by atoms with Crippen molar-refractivity contribution in [3.8, 4) is 0 Å². The second-order valence-corrected chi connectivity index (χ2v) is 6.93. The van der Waals surface area contributed by atoms with E-state index >= 15 is 0 Å². The first kappa shape index (κ1) is 16.7. The van der Waals surface area contributed by atoms with Crippen LogP contribution in [0.2, 0.25) is 0 Å². The Morgan fingerprint density at radius 3 is 2.25 bits per heavy atom. The fourth-order valence-electron chi connectivity index (χ4n) is 0.706. The van der Waals surface area contributed by atoms with Crippen LogP contribution in [0, 0.1) is 0 Å². The van der Waals surface area contributed by atoms with E-state index < -0.39 is 21.2 Å². The maximum absolute atomic E-state index is 11.0. The monoisotopic (exact) mass is 341 g/mol. The zero-order valence-electron chi connectivity index (χ0n) is 8.41. The van der Waals surface area contributed by atoms with Crippen LogP contribution in [-0.2, 0) is 13.4 Å². The Morgan fingerprint density at radius 2 is 1.88 bits per heavy atom. The Labute approximate surface area is 101 Å². The van der Waals surface area contributed by atoms with Gasteiger partial charge in [0.1, 0.15) is 0 Å². The zero-order chi connectivity index (χ0) is 13.0. The van der Waals surface area contributed by atoms with Gasteiger partial charge in [0.25, 0.3) is 0 Å². The Bertz CT molecular complexity index is 316. The number of hydrogen-bond donors (Lipinski definition) is 5. The van der Waals surface area contributed by atoms with Crippen molar-refractivity contribution in [2.75, 3.05) is 11.9 Å². The molecular weight excluding hydrogens is 328 g/mol. The fourth-order valence-corrected chi connectivity index (χ4v) is 2.77. The average molecular weight is 342 g/mol. The third-order valence-corrected chi connectivity index (χ3v) is 5.05. The molecule has 0 aliphatic heterocycles. The van der Waals surface area contributed by atoms with E-state index in [0.717, 1.165) is 0 Å². The van der Waals surface area contributed by atoms with Gasteiger partial charge in [0.05, 0.1) is 5.60 Å². The molecule has 11 heteroatoms. The quantitative estimate of drug-likeness (QED) is 0.330. The maximum atomic E-state index is 11.0. The lowest BCUT2D eigenvalue weighted by Crippen LogP contribution is -2.30. The SMILES string of the molecule is CC(O)(CBr)CCNP(=O)(O)OP(=O)(O)O. The summed E-state index contributed by atoms with van der Waals surface area (Å²) in [6.07, 6.45) is 0.104. The summed E-state index contributed by atoms with van der Waals surface area (Å²) in [5, 5.41) is 11.7. The number of nitrogens with one attached hydrogen (secondary N) is 1. The Kier molecular flexibility index (Phi) is 6.30. The van der Waals surface area contributed by atoms with Crippen LogP contribution in [0.4, 0.5) is 0 Å². The molecule has 2 atom stereocenters. The van der Waals surface area contributed by atoms with Crippen LogP contribution in [0.3, 0.4) is 0 Å². The molecule has 0 spiro atoms. The molecule has 0 radical (unpaired) electrons. The van der Waals surface area contributed by atoms with Crippen molar-refractivity contribution in [1.29, 1.82) is 0 Å². The molecule has 0 amide bonds. The van der Waals surface area contributed by atoms with Gasteiger partial charge in [0, 0.05) is 11.9 Å². The summed E-state index contributed by atoms with van der Waals surface area (Å²) in [5.74, 6) is 0. The first-order chi connectivity index (χ1) is 6.97. The normalized spacial score (nSPS) is 20.1. The van der Waals surface area contributed by atoms with Crippen molar-refractivity contribution in [1.82, 2.24) is 5.09 Å². The number of halogens is 1. The summed E-state index contributed by atoms with van der Waals surface area (Å²) >= 11 is 3.04. The molecule has 0 heterocycles. The molecule has 0 aliphatic rings. The largest absolute Gasteiger partial charge is 0.477 e. The summed E-state index contributed by atoms with van der Waals surface area (Å²) in [5.41, 5.74) is -1.09. The van der Waals surface area contributed by atoms with Crippen LogP contribution >= 0.6 is 31.5 Å². The van der Waals surface area contributed by atoms with Gasteiger partial charge in [-0.2, -0.15) is 4.31 Å². The van der Waals surface area contributed by atoms with Gasteiger partial charge >= 0.3 is 15.6 Å². The smallest absolute Gasteiger partial charge is 0.389 e. The Hall–Kier alpha value is 0.700. The summed E-state index contributed by atoms with van der Waals surface area (Å²) in [6.45, 7) is 1.36. The third-order valence-electron chi connectivity index (χ3n) is 1.48. The molecule has 0 bridgehead atoms. The Morgan fingerprint density at radius 1 is 1.38 bits per heavy atom. The van der Waals surface area contributed by atoms with Crippen molar-refractivity contribution in [2.45, 2.75) is 18.9 Å². The van der Waals surface area contributed by atoms with E-state index in [4.69, 9.17) is 14.7 Å². The van der Waals surface area contributed by atoms with Gasteiger partial charge in [-0.05, 0) is 13.3 Å². The van der Waals surface area contributed by atoms with E-state index in [1.54, 1.807) is 0 Å². The van der Waals surface area contributed by atoms with Crippen LogP contribution < -0.4 is 5.09 Å². The lowest BCUT2D eigenvalue weighted by molar-refractivity contribution is 0.0786. The van der Waals surface area contributed by atoms with Crippen molar-refractivity contribution < 1.29 is 33.2 Å². The van der Waals surface area contributed by atoms with E-state index in [2.05, 4.69) is 20.2 Å². The fraction of sp³-hybridized carbons (Fsp3) is 1.00. The van der Waals surface area contributed by atoms with Crippen molar-refractivity contribution >= 4 is 31.5 Å². The first-order valence-electron chi connectivity index (χ1n) is 4.11. The number of phosphoric acid groups is 1. The van der Waals surface area contributed by atoms with Crippen molar-refractivity contribution in [3.05, 3.63) is 0 Å². The van der Waals surface area contributed by atoms with Crippen LogP contribution in [0.15, 0.2) is 0 Å². The summed E-state index contributed by atoms with van der Waals surface area (Å²) in [4.78, 5) is 25.6. The number of aliphatic hydroxyl groups is 1. The summed E-state index contributed by atoms with van der Waals surface area (Å²) in [7, 11) is -9.57. The van der Waals surface area contributed by atoms with Gasteiger partial charge in [-0.25, -0.2) is 14.2 Å². The predicted molar refractivity (Wildman–Crippen MR) is 60.0 cm³/mol. The highest BCUT2D eigenvalue weighted by Crippen LogP contribution is 2.54. The van der Waals surface area contributed by atoms with Crippen LogP contribution in [-0.4, -0.2) is 37.3 Å². The van der Waals surface area contributed by atoms with Gasteiger partial charge in [0.15, 0.2) is 0 Å². The highest BCUT2D eigenvalue weighted by molar-refractivity contribution is 9.09. The molecule has 5 N–H and O–H groups in total. The molecule has 0 aromatic rings. The molecule has 0 aromatic carbocycles. The minimum absolute atomic E-state index is 0.104. The Balaban J connectivity index is 4.11. The van der Waals surface area contributed by atoms with E-state index in [9.17, 15) is 14.2 Å².